The summed E-state index contributed by atoms with van der Waals surface area (Å²) in [7, 11) is 0. The van der Waals surface area contributed by atoms with E-state index in [-0.39, 0.29) is 30.7 Å². The van der Waals surface area contributed by atoms with E-state index < -0.39 is 0 Å². The Kier molecular flexibility index (Phi) is 9.17. The average Bonchev–Trinajstić information content (AvgIpc) is 3.35. The van der Waals surface area contributed by atoms with Crippen LogP contribution in [-0.2, 0) is 11.3 Å². The van der Waals surface area contributed by atoms with Crippen LogP contribution < -0.4 is 5.32 Å². The zero-order valence-electron chi connectivity index (χ0n) is 16.1. The number of carbonyl (C=O) groups excluding carboxylic acids is 1. The van der Waals surface area contributed by atoms with Gasteiger partial charge in [0, 0.05) is 49.2 Å². The van der Waals surface area contributed by atoms with Crippen LogP contribution in [0.15, 0.2) is 28.8 Å². The second kappa shape index (κ2) is 11.1. The molecule has 10 heteroatoms. The fourth-order valence-electron chi connectivity index (χ4n) is 3.65. The van der Waals surface area contributed by atoms with Gasteiger partial charge in [0.05, 0.1) is 6.54 Å². The third-order valence-corrected chi connectivity index (χ3v) is 5.49. The first kappa shape index (κ1) is 23.9. The smallest absolute Gasteiger partial charge is 0.241 e. The van der Waals surface area contributed by atoms with E-state index in [1.54, 1.807) is 0 Å². The molecule has 1 atom stereocenters. The van der Waals surface area contributed by atoms with E-state index in [0.29, 0.717) is 35.7 Å². The molecule has 160 valence electrons. The van der Waals surface area contributed by atoms with Crippen molar-refractivity contribution in [1.82, 2.24) is 25.3 Å². The third-order valence-electron chi connectivity index (χ3n) is 5.24. The minimum absolute atomic E-state index is 0. The van der Waals surface area contributed by atoms with Crippen molar-refractivity contribution in [2.45, 2.75) is 31.8 Å². The molecule has 1 aromatic carbocycles. The lowest BCUT2D eigenvalue weighted by Crippen LogP contribution is -2.49. The van der Waals surface area contributed by atoms with Gasteiger partial charge in [-0.05, 0) is 43.7 Å². The maximum atomic E-state index is 12.4. The summed E-state index contributed by atoms with van der Waals surface area (Å²) in [5.74, 6) is 1.42. The van der Waals surface area contributed by atoms with E-state index >= 15 is 0 Å². The van der Waals surface area contributed by atoms with Crippen LogP contribution >= 0.6 is 36.4 Å². The van der Waals surface area contributed by atoms with Gasteiger partial charge in [0.15, 0.2) is 0 Å². The number of amides is 1. The summed E-state index contributed by atoms with van der Waals surface area (Å²) in [6.45, 7) is 4.79. The molecule has 1 N–H and O–H groups in total. The van der Waals surface area contributed by atoms with Gasteiger partial charge >= 0.3 is 0 Å². The fraction of sp³-hybridized carbons (Fsp3) is 0.526. The number of benzene rings is 1. The van der Waals surface area contributed by atoms with Crippen LogP contribution in [0.1, 0.15) is 25.2 Å². The number of nitrogens with zero attached hydrogens (tertiary/aromatic N) is 4. The van der Waals surface area contributed by atoms with Crippen LogP contribution in [-0.4, -0.2) is 64.6 Å². The number of aromatic nitrogens is 2. The summed E-state index contributed by atoms with van der Waals surface area (Å²) < 4.78 is 5.39. The van der Waals surface area contributed by atoms with Crippen molar-refractivity contribution >= 4 is 42.3 Å². The first-order chi connectivity index (χ1) is 13.2. The minimum atomic E-state index is 0. The van der Waals surface area contributed by atoms with Gasteiger partial charge in [-0.2, -0.15) is 4.98 Å². The Hall–Kier alpha value is -1.38. The summed E-state index contributed by atoms with van der Waals surface area (Å²) in [6, 6.07) is 7.73. The van der Waals surface area contributed by atoms with Crippen molar-refractivity contribution in [2.75, 3.05) is 32.7 Å². The normalized spacial score (nSPS) is 19.5. The first-order valence-electron chi connectivity index (χ1n) is 9.49. The summed E-state index contributed by atoms with van der Waals surface area (Å²) in [4.78, 5) is 21.1. The van der Waals surface area contributed by atoms with E-state index in [1.807, 2.05) is 29.2 Å². The summed E-state index contributed by atoms with van der Waals surface area (Å²) in [5, 5.41) is 8.13. The number of nitrogens with one attached hydrogen (secondary N) is 1. The molecule has 2 aliphatic rings. The van der Waals surface area contributed by atoms with Gasteiger partial charge in [-0.1, -0.05) is 16.8 Å². The fourth-order valence-corrected chi connectivity index (χ4v) is 3.78. The highest BCUT2D eigenvalue weighted by atomic mass is 35.5. The zero-order valence-corrected chi connectivity index (χ0v) is 18.4. The summed E-state index contributed by atoms with van der Waals surface area (Å²) in [6.07, 6.45) is 2.90. The number of halogens is 3. The molecule has 0 spiro atoms. The molecule has 2 saturated heterocycles. The molecule has 2 aromatic rings. The molecule has 0 aliphatic carbocycles. The summed E-state index contributed by atoms with van der Waals surface area (Å²) >= 11 is 5.91. The van der Waals surface area contributed by atoms with Crippen molar-refractivity contribution in [2.24, 2.45) is 0 Å². The first-order valence-corrected chi connectivity index (χ1v) is 9.87. The average molecular weight is 463 g/mol. The molecule has 1 unspecified atom stereocenters. The molecule has 2 fully saturated rings. The monoisotopic (exact) mass is 461 g/mol. The minimum Gasteiger partial charge on any atom is -0.340 e. The highest BCUT2D eigenvalue weighted by molar-refractivity contribution is 6.30. The van der Waals surface area contributed by atoms with Gasteiger partial charge in [-0.3, -0.25) is 9.69 Å². The molecule has 0 saturated carbocycles. The van der Waals surface area contributed by atoms with Crippen LogP contribution in [0.3, 0.4) is 0 Å². The molecule has 0 bridgehead atoms. The predicted octanol–water partition coefficient (Wildman–Crippen LogP) is 3.02. The lowest BCUT2D eigenvalue weighted by atomic mass is 10.1. The molecule has 2 aliphatic heterocycles. The third kappa shape index (κ3) is 6.30. The number of hydrogen-bond acceptors (Lipinski definition) is 6. The van der Waals surface area contributed by atoms with Gasteiger partial charge in [-0.15, -0.1) is 24.8 Å². The molecule has 0 radical (unpaired) electrons. The highest BCUT2D eigenvalue weighted by Gasteiger charge is 2.25. The van der Waals surface area contributed by atoms with Crippen molar-refractivity contribution < 1.29 is 9.32 Å². The van der Waals surface area contributed by atoms with Crippen molar-refractivity contribution in [3.63, 3.8) is 0 Å². The van der Waals surface area contributed by atoms with Gasteiger partial charge in [-0.25, -0.2) is 0 Å². The van der Waals surface area contributed by atoms with Gasteiger partial charge in [0.25, 0.3) is 0 Å². The Morgan fingerprint density at radius 1 is 1.17 bits per heavy atom. The van der Waals surface area contributed by atoms with Gasteiger partial charge in [0.1, 0.15) is 0 Å². The Morgan fingerprint density at radius 2 is 1.90 bits per heavy atom. The molecule has 29 heavy (non-hydrogen) atoms. The number of piperazine rings is 1. The molecule has 1 amide bonds. The van der Waals surface area contributed by atoms with Gasteiger partial charge in [0.2, 0.25) is 17.6 Å². The zero-order chi connectivity index (χ0) is 18.6. The van der Waals surface area contributed by atoms with Crippen LogP contribution in [0.2, 0.25) is 5.02 Å². The second-order valence-corrected chi connectivity index (χ2v) is 7.61. The maximum absolute atomic E-state index is 12.4. The Bertz CT molecular complexity index is 772. The van der Waals surface area contributed by atoms with E-state index in [9.17, 15) is 4.79 Å². The standard InChI is InChI=1S/C19H24ClN5O2.2ClH/c20-15-5-3-14(4-6-15)19-22-17(27-23-19)13-24-8-10-25(11-9-24)18(26)12-16-2-1-7-21-16;;/h3-6,16,21H,1-2,7-13H2;2*1H. The quantitative estimate of drug-likeness (QED) is 0.736. The van der Waals surface area contributed by atoms with Crippen molar-refractivity contribution in [1.29, 1.82) is 0 Å². The van der Waals surface area contributed by atoms with Crippen molar-refractivity contribution in [3.05, 3.63) is 35.2 Å². The largest absolute Gasteiger partial charge is 0.340 e. The van der Waals surface area contributed by atoms with Crippen LogP contribution in [0.5, 0.6) is 0 Å². The second-order valence-electron chi connectivity index (χ2n) is 7.17. The van der Waals surface area contributed by atoms with E-state index in [1.165, 1.54) is 6.42 Å². The molecule has 4 rings (SSSR count). The topological polar surface area (TPSA) is 74.5 Å². The van der Waals surface area contributed by atoms with Gasteiger partial charge < -0.3 is 14.7 Å². The Balaban J connectivity index is 0.00000150. The number of hydrogen-bond donors (Lipinski definition) is 1. The number of carbonyl (C=O) groups is 1. The predicted molar refractivity (Wildman–Crippen MR) is 117 cm³/mol. The SMILES string of the molecule is Cl.Cl.O=C(CC1CCCN1)N1CCN(Cc2nc(-c3ccc(Cl)cc3)no2)CC1. The molecular weight excluding hydrogens is 437 g/mol. The van der Waals surface area contributed by atoms with E-state index in [2.05, 4.69) is 20.4 Å². The van der Waals surface area contributed by atoms with Crippen LogP contribution in [0.25, 0.3) is 11.4 Å². The van der Waals surface area contributed by atoms with Crippen LogP contribution in [0.4, 0.5) is 0 Å². The summed E-state index contributed by atoms with van der Waals surface area (Å²) in [5.41, 5.74) is 0.880. The molecule has 1 aromatic heterocycles. The lowest BCUT2D eigenvalue weighted by Gasteiger charge is -2.34. The van der Waals surface area contributed by atoms with Crippen LogP contribution in [0, 0.1) is 0 Å². The molecule has 3 heterocycles. The highest BCUT2D eigenvalue weighted by Crippen LogP contribution is 2.19. The molecular formula is C19H26Cl3N5O2. The number of rotatable bonds is 5. The Labute approximate surface area is 188 Å². The maximum Gasteiger partial charge on any atom is 0.241 e. The van der Waals surface area contributed by atoms with Crippen molar-refractivity contribution in [3.8, 4) is 11.4 Å². The Morgan fingerprint density at radius 3 is 2.55 bits per heavy atom. The molecule has 7 nitrogen and oxygen atoms in total. The lowest BCUT2D eigenvalue weighted by molar-refractivity contribution is -0.133. The van der Waals surface area contributed by atoms with E-state index in [0.717, 1.165) is 44.7 Å². The van der Waals surface area contributed by atoms with E-state index in [4.69, 9.17) is 16.1 Å².